The zero-order chi connectivity index (χ0) is 14.2. The van der Waals surface area contributed by atoms with Crippen molar-refractivity contribution in [1.82, 2.24) is 0 Å². The first-order valence-electron chi connectivity index (χ1n) is 7.30. The van der Waals surface area contributed by atoms with Crippen molar-refractivity contribution < 1.29 is 4.79 Å². The molecule has 3 rings (SSSR count). The highest BCUT2D eigenvalue weighted by atomic mass is 32.2. The zero-order valence-electron chi connectivity index (χ0n) is 12.2. The normalized spacial score (nSPS) is 16.7. The zero-order valence-corrected chi connectivity index (χ0v) is 13.0. The number of carbonyl (C=O) groups is 1. The summed E-state index contributed by atoms with van der Waals surface area (Å²) in [6, 6.07) is 14.3. The number of ketones is 1. The summed E-state index contributed by atoms with van der Waals surface area (Å²) >= 11 is 0. The van der Waals surface area contributed by atoms with Crippen molar-refractivity contribution in [3.8, 4) is 0 Å². The molecule has 2 aromatic rings. The summed E-state index contributed by atoms with van der Waals surface area (Å²) in [5, 5.41) is 2.36. The first-order chi connectivity index (χ1) is 9.59. The van der Waals surface area contributed by atoms with Gasteiger partial charge >= 0.3 is 0 Å². The van der Waals surface area contributed by atoms with Crippen molar-refractivity contribution in [2.24, 2.45) is 0 Å². The smallest absolute Gasteiger partial charge is 0.217 e. The van der Waals surface area contributed by atoms with Crippen molar-refractivity contribution in [3.63, 3.8) is 0 Å². The van der Waals surface area contributed by atoms with Crippen LogP contribution < -0.4 is 0 Å². The lowest BCUT2D eigenvalue weighted by Crippen LogP contribution is -2.41. The quantitative estimate of drug-likeness (QED) is 0.610. The second-order valence-electron chi connectivity index (χ2n) is 6.01. The molecule has 1 saturated heterocycles. The molecular formula is C18H21OS+. The number of hydrogen-bond acceptors (Lipinski definition) is 1. The fraction of sp³-hybridized carbons (Fsp3) is 0.389. The average Bonchev–Trinajstić information content (AvgIpc) is 3.01. The Morgan fingerprint density at radius 1 is 1.00 bits per heavy atom. The van der Waals surface area contributed by atoms with Crippen LogP contribution in [-0.4, -0.2) is 22.0 Å². The summed E-state index contributed by atoms with van der Waals surface area (Å²) in [7, 11) is 0.249. The molecule has 2 heteroatoms. The molecular weight excluding hydrogens is 264 g/mol. The van der Waals surface area contributed by atoms with Crippen LogP contribution >= 0.6 is 0 Å². The molecule has 20 heavy (non-hydrogen) atoms. The van der Waals surface area contributed by atoms with Crippen LogP contribution in [0.3, 0.4) is 0 Å². The van der Waals surface area contributed by atoms with E-state index in [0.717, 1.165) is 10.9 Å². The molecule has 0 N–H and O–H groups in total. The van der Waals surface area contributed by atoms with E-state index in [2.05, 4.69) is 38.1 Å². The topological polar surface area (TPSA) is 17.1 Å². The molecule has 1 fully saturated rings. The molecule has 104 valence electrons. The van der Waals surface area contributed by atoms with Crippen molar-refractivity contribution in [2.45, 2.75) is 31.4 Å². The van der Waals surface area contributed by atoms with Crippen LogP contribution in [0.2, 0.25) is 0 Å². The Balaban J connectivity index is 1.95. The van der Waals surface area contributed by atoms with Gasteiger partial charge in [-0.05, 0) is 43.5 Å². The molecule has 0 amide bonds. The second-order valence-corrected chi connectivity index (χ2v) is 8.83. The van der Waals surface area contributed by atoms with Gasteiger partial charge in [-0.1, -0.05) is 36.4 Å². The number of fused-ring (bicyclic) bond motifs is 1. The van der Waals surface area contributed by atoms with Crippen LogP contribution in [0.15, 0.2) is 42.5 Å². The van der Waals surface area contributed by atoms with Gasteiger partial charge < -0.3 is 0 Å². The van der Waals surface area contributed by atoms with E-state index < -0.39 is 0 Å². The molecule has 0 aromatic heterocycles. The predicted molar refractivity (Wildman–Crippen MR) is 88.7 cm³/mol. The van der Waals surface area contributed by atoms with Gasteiger partial charge in [-0.25, -0.2) is 0 Å². The molecule has 0 unspecified atom stereocenters. The Labute approximate surface area is 123 Å². The molecule has 0 atom stereocenters. The van der Waals surface area contributed by atoms with Gasteiger partial charge in [0.25, 0.3) is 0 Å². The summed E-state index contributed by atoms with van der Waals surface area (Å²) in [4.78, 5) is 12.9. The van der Waals surface area contributed by atoms with Gasteiger partial charge in [-0.2, -0.15) is 0 Å². The van der Waals surface area contributed by atoms with Gasteiger partial charge in [0.2, 0.25) is 5.78 Å². The maximum absolute atomic E-state index is 12.9. The van der Waals surface area contributed by atoms with E-state index in [4.69, 9.17) is 0 Å². The number of Topliss-reactive ketones (excluding diaryl/α,β-unsaturated/α-hetero) is 1. The van der Waals surface area contributed by atoms with Crippen molar-refractivity contribution >= 4 is 27.5 Å². The van der Waals surface area contributed by atoms with Crippen molar-refractivity contribution in [2.75, 3.05) is 11.5 Å². The third-order valence-electron chi connectivity index (χ3n) is 4.31. The number of benzene rings is 2. The monoisotopic (exact) mass is 285 g/mol. The molecule has 1 aliphatic heterocycles. The van der Waals surface area contributed by atoms with Crippen LogP contribution in [0.25, 0.3) is 10.8 Å². The summed E-state index contributed by atoms with van der Waals surface area (Å²) in [6.07, 6.45) is 2.58. The van der Waals surface area contributed by atoms with Crippen LogP contribution in [0.1, 0.15) is 37.0 Å². The van der Waals surface area contributed by atoms with Gasteiger partial charge in [-0.3, -0.25) is 4.79 Å². The van der Waals surface area contributed by atoms with E-state index in [1.807, 2.05) is 18.2 Å². The minimum absolute atomic E-state index is 0.209. The Kier molecular flexibility index (Phi) is 3.59. The lowest BCUT2D eigenvalue weighted by Gasteiger charge is -2.22. The largest absolute Gasteiger partial charge is 0.288 e. The van der Waals surface area contributed by atoms with E-state index in [0.29, 0.717) is 5.78 Å². The number of hydrogen-bond donors (Lipinski definition) is 0. The average molecular weight is 285 g/mol. The van der Waals surface area contributed by atoms with Crippen LogP contribution in [-0.2, 0) is 10.9 Å². The number of carbonyl (C=O) groups excluding carboxylic acids is 1. The van der Waals surface area contributed by atoms with Gasteiger partial charge in [0.1, 0.15) is 11.5 Å². The minimum Gasteiger partial charge on any atom is -0.288 e. The standard InChI is InChI=1S/C18H21OS/c1-18(2,20-11-5-6-12-20)17(19)16-10-9-14-7-3-4-8-15(14)13-16/h3-4,7-10,13H,5-6,11-12H2,1-2H3/q+1. The third-order valence-corrected chi connectivity index (χ3v) is 7.50. The number of rotatable bonds is 3. The van der Waals surface area contributed by atoms with E-state index in [1.54, 1.807) is 0 Å². The lowest BCUT2D eigenvalue weighted by molar-refractivity contribution is 0.0957. The van der Waals surface area contributed by atoms with E-state index in [-0.39, 0.29) is 15.6 Å². The van der Waals surface area contributed by atoms with E-state index in [9.17, 15) is 4.79 Å². The second kappa shape index (κ2) is 5.25. The Morgan fingerprint density at radius 2 is 1.65 bits per heavy atom. The highest BCUT2D eigenvalue weighted by Crippen LogP contribution is 2.31. The first-order valence-corrected chi connectivity index (χ1v) is 8.86. The summed E-state index contributed by atoms with van der Waals surface area (Å²) in [6.45, 7) is 4.28. The Hall–Kier alpha value is -1.28. The third kappa shape index (κ3) is 2.37. The van der Waals surface area contributed by atoms with Gasteiger partial charge in [-0.15, -0.1) is 0 Å². The van der Waals surface area contributed by atoms with Gasteiger partial charge in [0.15, 0.2) is 4.75 Å². The van der Waals surface area contributed by atoms with Gasteiger partial charge in [0, 0.05) is 16.5 Å². The summed E-state index contributed by atoms with van der Waals surface area (Å²) in [5.74, 6) is 2.77. The first kappa shape index (κ1) is 13.7. The molecule has 2 aromatic carbocycles. The van der Waals surface area contributed by atoms with Crippen LogP contribution in [0, 0.1) is 0 Å². The predicted octanol–water partition coefficient (Wildman–Crippen LogP) is 4.21. The van der Waals surface area contributed by atoms with Crippen LogP contribution in [0.5, 0.6) is 0 Å². The fourth-order valence-corrected chi connectivity index (χ4v) is 5.68. The van der Waals surface area contributed by atoms with E-state index in [1.165, 1.54) is 29.7 Å². The molecule has 0 saturated carbocycles. The summed E-state index contributed by atoms with van der Waals surface area (Å²) in [5.41, 5.74) is 0.869. The Morgan fingerprint density at radius 3 is 2.35 bits per heavy atom. The molecule has 1 heterocycles. The molecule has 0 radical (unpaired) electrons. The molecule has 1 nitrogen and oxygen atoms in total. The lowest BCUT2D eigenvalue weighted by atomic mass is 9.97. The van der Waals surface area contributed by atoms with Crippen molar-refractivity contribution in [1.29, 1.82) is 0 Å². The molecule has 0 bridgehead atoms. The highest BCUT2D eigenvalue weighted by Gasteiger charge is 2.47. The Bertz CT molecular complexity index is 639. The van der Waals surface area contributed by atoms with E-state index >= 15 is 0 Å². The van der Waals surface area contributed by atoms with Crippen LogP contribution in [0.4, 0.5) is 0 Å². The molecule has 1 aliphatic rings. The SMILES string of the molecule is CC(C)(C(=O)c1ccc2ccccc2c1)[S+]1CCCC1. The maximum Gasteiger partial charge on any atom is 0.217 e. The summed E-state index contributed by atoms with van der Waals surface area (Å²) < 4.78 is -0.209. The maximum atomic E-state index is 12.9. The highest BCUT2D eigenvalue weighted by molar-refractivity contribution is 7.99. The minimum atomic E-state index is -0.209. The fourth-order valence-electron chi connectivity index (χ4n) is 2.97. The van der Waals surface area contributed by atoms with Crippen molar-refractivity contribution in [3.05, 3.63) is 48.0 Å². The molecule has 0 aliphatic carbocycles. The van der Waals surface area contributed by atoms with Gasteiger partial charge in [0.05, 0.1) is 0 Å². The molecule has 0 spiro atoms.